The van der Waals surface area contributed by atoms with Gasteiger partial charge in [-0.1, -0.05) is 184 Å². The first kappa shape index (κ1) is 36.1. The van der Waals surface area contributed by atoms with Crippen molar-refractivity contribution in [1.29, 1.82) is 0 Å². The molecule has 12 rings (SSSR count). The van der Waals surface area contributed by atoms with Crippen molar-refractivity contribution in [2.24, 2.45) is 0 Å². The lowest BCUT2D eigenvalue weighted by molar-refractivity contribution is 0.620. The van der Waals surface area contributed by atoms with Crippen LogP contribution in [0.5, 0.6) is 0 Å². The van der Waals surface area contributed by atoms with Crippen LogP contribution in [0.25, 0.3) is 111 Å². The molecule has 0 bridgehead atoms. The van der Waals surface area contributed by atoms with Gasteiger partial charge in [-0.25, -0.2) is 4.98 Å². The van der Waals surface area contributed by atoms with E-state index in [-0.39, 0.29) is 5.41 Å². The smallest absolute Gasteiger partial charge is 0.227 e. The van der Waals surface area contributed by atoms with E-state index < -0.39 is 0 Å². The second-order valence-corrected chi connectivity index (χ2v) is 17.0. The molecule has 62 heavy (non-hydrogen) atoms. The summed E-state index contributed by atoms with van der Waals surface area (Å²) < 4.78 is 6.10. The maximum absolute atomic E-state index is 6.10. The molecule has 11 aromatic rings. The van der Waals surface area contributed by atoms with Crippen LogP contribution in [0.4, 0.5) is 0 Å². The van der Waals surface area contributed by atoms with Crippen molar-refractivity contribution >= 4 is 32.6 Å². The van der Waals surface area contributed by atoms with E-state index in [1.54, 1.807) is 0 Å². The van der Waals surface area contributed by atoms with Crippen LogP contribution in [0.15, 0.2) is 217 Å². The number of aromatic nitrogens is 1. The minimum Gasteiger partial charge on any atom is -0.436 e. The molecule has 2 nitrogen and oxygen atoms in total. The molecule has 0 N–H and O–H groups in total. The van der Waals surface area contributed by atoms with Crippen molar-refractivity contribution in [3.05, 3.63) is 223 Å². The van der Waals surface area contributed by atoms with Gasteiger partial charge in [0.05, 0.1) is 0 Å². The van der Waals surface area contributed by atoms with E-state index in [0.717, 1.165) is 22.2 Å². The Hall–Kier alpha value is -7.81. The summed E-state index contributed by atoms with van der Waals surface area (Å²) in [5.74, 6) is 0.638. The predicted octanol–water partition coefficient (Wildman–Crippen LogP) is 16.4. The fourth-order valence-electron chi connectivity index (χ4n) is 10.1. The monoisotopic (exact) mass is 791 g/mol. The highest BCUT2D eigenvalue weighted by Gasteiger charge is 2.37. The minimum absolute atomic E-state index is 0.253. The third kappa shape index (κ3) is 5.68. The molecule has 0 atom stereocenters. The van der Waals surface area contributed by atoms with Crippen LogP contribution in [0, 0.1) is 0 Å². The number of hydrogen-bond donors (Lipinski definition) is 0. The molecule has 0 saturated heterocycles. The van der Waals surface area contributed by atoms with Crippen molar-refractivity contribution in [2.75, 3.05) is 0 Å². The van der Waals surface area contributed by atoms with Crippen molar-refractivity contribution < 1.29 is 4.42 Å². The highest BCUT2D eigenvalue weighted by atomic mass is 16.3. The van der Waals surface area contributed by atoms with Gasteiger partial charge in [-0.05, 0) is 142 Å². The Balaban J connectivity index is 1.09. The zero-order chi connectivity index (χ0) is 41.4. The summed E-state index contributed by atoms with van der Waals surface area (Å²) in [5, 5.41) is 5.01. The Morgan fingerprint density at radius 2 is 0.823 bits per heavy atom. The predicted molar refractivity (Wildman–Crippen MR) is 259 cm³/mol. The highest BCUT2D eigenvalue weighted by molar-refractivity contribution is 6.24. The van der Waals surface area contributed by atoms with E-state index in [0.29, 0.717) is 5.89 Å². The van der Waals surface area contributed by atoms with E-state index in [4.69, 9.17) is 9.40 Å². The van der Waals surface area contributed by atoms with Gasteiger partial charge in [-0.15, -0.1) is 0 Å². The van der Waals surface area contributed by atoms with Crippen molar-refractivity contribution in [1.82, 2.24) is 4.98 Å². The number of rotatable bonds is 6. The molecule has 1 heterocycles. The Kier molecular flexibility index (Phi) is 8.23. The van der Waals surface area contributed by atoms with E-state index in [9.17, 15) is 0 Å². The van der Waals surface area contributed by atoms with Crippen LogP contribution in [-0.2, 0) is 5.41 Å². The largest absolute Gasteiger partial charge is 0.436 e. The van der Waals surface area contributed by atoms with Gasteiger partial charge in [0, 0.05) is 11.0 Å². The first-order chi connectivity index (χ1) is 30.5. The molecule has 0 radical (unpaired) electrons. The normalized spacial score (nSPS) is 12.8. The number of hydrogen-bond acceptors (Lipinski definition) is 2. The lowest BCUT2D eigenvalue weighted by atomic mass is 9.78. The van der Waals surface area contributed by atoms with Gasteiger partial charge in [0.1, 0.15) is 5.52 Å². The number of nitrogens with zero attached hydrogens (tertiary/aromatic N) is 1. The number of oxazole rings is 1. The van der Waals surface area contributed by atoms with E-state index in [1.165, 1.54) is 93.9 Å². The number of fused-ring (bicyclic) bond motifs is 6. The van der Waals surface area contributed by atoms with E-state index >= 15 is 0 Å². The Bertz CT molecular complexity index is 3490. The van der Waals surface area contributed by atoms with Gasteiger partial charge in [-0.3, -0.25) is 0 Å². The number of benzene rings is 10. The molecule has 292 valence electrons. The topological polar surface area (TPSA) is 26.0 Å². The van der Waals surface area contributed by atoms with E-state index in [2.05, 4.69) is 202 Å². The fourth-order valence-corrected chi connectivity index (χ4v) is 10.1. The molecule has 0 aliphatic heterocycles. The van der Waals surface area contributed by atoms with Crippen LogP contribution in [0.3, 0.4) is 0 Å². The van der Waals surface area contributed by atoms with E-state index in [1.807, 2.05) is 24.3 Å². The van der Waals surface area contributed by atoms with Gasteiger partial charge < -0.3 is 4.42 Å². The summed E-state index contributed by atoms with van der Waals surface area (Å²) >= 11 is 0. The van der Waals surface area contributed by atoms with Crippen LogP contribution in [0.1, 0.15) is 25.0 Å². The summed E-state index contributed by atoms with van der Waals surface area (Å²) in [6.07, 6.45) is 0. The first-order valence-corrected chi connectivity index (χ1v) is 21.5. The zero-order valence-corrected chi connectivity index (χ0v) is 34.6. The van der Waals surface area contributed by atoms with Gasteiger partial charge in [0.15, 0.2) is 5.58 Å². The average molecular weight is 792 g/mol. The second kappa shape index (κ2) is 14.1. The fraction of sp³-hybridized carbons (Fsp3) is 0.0500. The van der Waals surface area contributed by atoms with Gasteiger partial charge in [0.2, 0.25) is 5.89 Å². The lowest BCUT2D eigenvalue weighted by Crippen LogP contribution is -2.15. The average Bonchev–Trinajstić information content (AvgIpc) is 3.86. The summed E-state index contributed by atoms with van der Waals surface area (Å²) in [7, 11) is 0. The molecule has 2 heteroatoms. The SMILES string of the molecule is CC1(C)c2cc(-c3ccc(-c4nc5ccccc5o4)cc3)ccc2-c2cc3c(-c4ccccc4-c4ccccc4)c4ccccc4c(-c4ccccc4-c4ccccc4)c3cc21. The van der Waals surface area contributed by atoms with Crippen LogP contribution in [0.2, 0.25) is 0 Å². The molecule has 0 fully saturated rings. The summed E-state index contributed by atoms with van der Waals surface area (Å²) in [4.78, 5) is 4.74. The molecule has 0 amide bonds. The van der Waals surface area contributed by atoms with Crippen LogP contribution >= 0.6 is 0 Å². The standard InChI is InChI=1S/C60H41NO/c1-60(2)53-35-42(38-29-31-41(32-30-38)59-61-55-27-15-16-28-56(55)62-59)33-34-45(53)50-36-51-52(37-54(50)60)58(47-24-12-10-22-44(47)40-19-7-4-8-20-40)49-26-14-13-25-48(49)57(51)46-23-11-9-21-43(46)39-17-5-3-6-18-39/h3-37H,1-2H3. The molecule has 1 aliphatic carbocycles. The molecule has 0 unspecified atom stereocenters. The molecular formula is C60H41NO. The Labute approximate surface area is 361 Å². The van der Waals surface area contributed by atoms with Crippen molar-refractivity contribution in [3.63, 3.8) is 0 Å². The Morgan fingerprint density at radius 1 is 0.339 bits per heavy atom. The van der Waals surface area contributed by atoms with Crippen LogP contribution in [-0.4, -0.2) is 4.98 Å². The summed E-state index contributed by atoms with van der Waals surface area (Å²) in [6.45, 7) is 4.79. The summed E-state index contributed by atoms with van der Waals surface area (Å²) in [6, 6.07) is 77.2. The summed E-state index contributed by atoms with van der Waals surface area (Å²) in [5.41, 5.74) is 19.9. The Morgan fingerprint density at radius 3 is 1.44 bits per heavy atom. The minimum atomic E-state index is -0.253. The highest BCUT2D eigenvalue weighted by Crippen LogP contribution is 2.55. The van der Waals surface area contributed by atoms with Gasteiger partial charge >= 0.3 is 0 Å². The molecule has 1 aliphatic rings. The molecule has 10 aromatic carbocycles. The number of para-hydroxylation sites is 2. The molecule has 0 spiro atoms. The quantitative estimate of drug-likeness (QED) is 0.157. The van der Waals surface area contributed by atoms with Gasteiger partial charge in [0.25, 0.3) is 0 Å². The first-order valence-electron chi connectivity index (χ1n) is 21.5. The zero-order valence-electron chi connectivity index (χ0n) is 34.6. The molecule has 0 saturated carbocycles. The molecule has 1 aromatic heterocycles. The third-order valence-electron chi connectivity index (χ3n) is 13.1. The maximum Gasteiger partial charge on any atom is 0.227 e. The van der Waals surface area contributed by atoms with Crippen LogP contribution < -0.4 is 0 Å². The molecular weight excluding hydrogens is 751 g/mol. The second-order valence-electron chi connectivity index (χ2n) is 17.0. The third-order valence-corrected chi connectivity index (χ3v) is 13.1. The van der Waals surface area contributed by atoms with Crippen molar-refractivity contribution in [2.45, 2.75) is 19.3 Å². The maximum atomic E-state index is 6.10. The lowest BCUT2D eigenvalue weighted by Gasteiger charge is -2.25. The van der Waals surface area contributed by atoms with Gasteiger partial charge in [-0.2, -0.15) is 0 Å². The van der Waals surface area contributed by atoms with Crippen molar-refractivity contribution in [3.8, 4) is 78.2 Å².